The molecule has 4 aromatic rings. The van der Waals surface area contributed by atoms with Crippen LogP contribution in [0.5, 0.6) is 5.75 Å². The van der Waals surface area contributed by atoms with E-state index in [1.165, 1.54) is 24.5 Å². The van der Waals surface area contributed by atoms with E-state index < -0.39 is 59.2 Å². The molecule has 1 atom stereocenters. The number of pyridine rings is 1. The van der Waals surface area contributed by atoms with E-state index in [-0.39, 0.29) is 11.3 Å². The lowest BCUT2D eigenvalue weighted by Gasteiger charge is -2.35. The van der Waals surface area contributed by atoms with Crippen molar-refractivity contribution in [2.75, 3.05) is 0 Å². The normalized spacial score (nSPS) is 13.5. The van der Waals surface area contributed by atoms with Crippen molar-refractivity contribution in [2.24, 2.45) is 0 Å². The van der Waals surface area contributed by atoms with Crippen molar-refractivity contribution in [2.45, 2.75) is 24.7 Å². The molecular weight excluding hydrogens is 478 g/mol. The molecule has 0 aliphatic rings. The zero-order chi connectivity index (χ0) is 25.2. The Balaban J connectivity index is 1.64. The van der Waals surface area contributed by atoms with Gasteiger partial charge in [0.05, 0.1) is 18.9 Å². The quantitative estimate of drug-likeness (QED) is 0.366. The number of hydrogen-bond donors (Lipinski definition) is 1. The van der Waals surface area contributed by atoms with Crippen LogP contribution in [0, 0.1) is 23.3 Å². The van der Waals surface area contributed by atoms with Gasteiger partial charge in [-0.3, -0.25) is 4.98 Å². The highest BCUT2D eigenvalue weighted by Gasteiger charge is 2.57. The van der Waals surface area contributed by atoms with E-state index in [0.29, 0.717) is 12.1 Å². The third-order valence-electron chi connectivity index (χ3n) is 5.24. The number of benzene rings is 2. The molecule has 1 N–H and O–H groups in total. The minimum absolute atomic E-state index is 0.0546. The summed E-state index contributed by atoms with van der Waals surface area (Å²) in [6.45, 7) is -1.35. The second-order valence-corrected chi connectivity index (χ2v) is 7.54. The van der Waals surface area contributed by atoms with Gasteiger partial charge in [-0.25, -0.2) is 22.2 Å². The second-order valence-electron chi connectivity index (χ2n) is 7.54. The lowest BCUT2D eigenvalue weighted by atomic mass is 9.84. The highest BCUT2D eigenvalue weighted by Crippen LogP contribution is 2.46. The predicted octanol–water partition coefficient (Wildman–Crippen LogP) is 4.49. The summed E-state index contributed by atoms with van der Waals surface area (Å²) in [6, 6.07) is 7.21. The van der Waals surface area contributed by atoms with E-state index in [0.717, 1.165) is 35.1 Å². The fraction of sp³-hybridized carbons (Fsp3) is 0.174. The molecule has 0 radical (unpaired) electrons. The van der Waals surface area contributed by atoms with E-state index in [1.807, 2.05) is 0 Å². The molecule has 0 aliphatic heterocycles. The SMILES string of the molecule is OC(Cn1ccnn1)(c1ccc(F)cc1F)C(F)(F)c1ccc(OCc2cccc(F)c2F)cn1. The smallest absolute Gasteiger partial charge is 0.323 e. The number of nitrogens with zero attached hydrogens (tertiary/aromatic N) is 4. The molecule has 2 heterocycles. The summed E-state index contributed by atoms with van der Waals surface area (Å²) in [5.74, 6) is -8.87. The first-order valence-corrected chi connectivity index (χ1v) is 10.0. The zero-order valence-corrected chi connectivity index (χ0v) is 17.7. The van der Waals surface area contributed by atoms with Crippen LogP contribution in [0.3, 0.4) is 0 Å². The molecule has 12 heteroatoms. The number of halogens is 6. The Labute approximate surface area is 194 Å². The summed E-state index contributed by atoms with van der Waals surface area (Å²) in [5, 5.41) is 18.2. The van der Waals surface area contributed by atoms with Crippen LogP contribution >= 0.6 is 0 Å². The van der Waals surface area contributed by atoms with Gasteiger partial charge in [-0.05, 0) is 30.3 Å². The Morgan fingerprint density at radius 2 is 1.77 bits per heavy atom. The Bertz CT molecular complexity index is 1320. The van der Waals surface area contributed by atoms with Gasteiger partial charge in [0.1, 0.15) is 29.7 Å². The first kappa shape index (κ1) is 24.2. The second kappa shape index (κ2) is 9.37. The molecule has 6 nitrogen and oxygen atoms in total. The minimum atomic E-state index is -4.22. The number of aliphatic hydroxyl groups is 1. The van der Waals surface area contributed by atoms with Crippen LogP contribution in [0.25, 0.3) is 0 Å². The molecule has 0 aliphatic carbocycles. The Hall–Kier alpha value is -3.93. The van der Waals surface area contributed by atoms with Crippen molar-refractivity contribution >= 4 is 0 Å². The average molecular weight is 494 g/mol. The van der Waals surface area contributed by atoms with Crippen LogP contribution in [0.1, 0.15) is 16.8 Å². The molecule has 0 saturated carbocycles. The molecule has 0 saturated heterocycles. The van der Waals surface area contributed by atoms with E-state index in [9.17, 15) is 22.7 Å². The van der Waals surface area contributed by atoms with E-state index in [2.05, 4.69) is 15.3 Å². The van der Waals surface area contributed by atoms with Crippen molar-refractivity contribution in [3.8, 4) is 5.75 Å². The van der Waals surface area contributed by atoms with Gasteiger partial charge in [-0.15, -0.1) is 5.10 Å². The predicted molar refractivity (Wildman–Crippen MR) is 109 cm³/mol. The largest absolute Gasteiger partial charge is 0.487 e. The van der Waals surface area contributed by atoms with Crippen molar-refractivity contribution in [1.82, 2.24) is 20.0 Å². The summed E-state index contributed by atoms with van der Waals surface area (Å²) in [5.41, 5.74) is -5.21. The Morgan fingerprint density at radius 3 is 2.43 bits per heavy atom. The van der Waals surface area contributed by atoms with Crippen molar-refractivity contribution < 1.29 is 36.2 Å². The average Bonchev–Trinajstić information content (AvgIpc) is 3.33. The first-order chi connectivity index (χ1) is 16.6. The third kappa shape index (κ3) is 4.69. The Morgan fingerprint density at radius 1 is 0.971 bits per heavy atom. The first-order valence-electron chi connectivity index (χ1n) is 10.0. The number of alkyl halides is 2. The lowest BCUT2D eigenvalue weighted by Crippen LogP contribution is -2.48. The number of rotatable bonds is 8. The summed E-state index contributed by atoms with van der Waals surface area (Å²) < 4.78 is 92.5. The Kier molecular flexibility index (Phi) is 6.48. The number of ether oxygens (including phenoxy) is 1. The molecule has 0 bridgehead atoms. The van der Waals surface area contributed by atoms with Gasteiger partial charge in [-0.2, -0.15) is 8.78 Å². The van der Waals surface area contributed by atoms with Gasteiger partial charge in [-0.1, -0.05) is 17.3 Å². The van der Waals surface area contributed by atoms with Crippen LogP contribution in [-0.2, 0) is 24.7 Å². The number of aromatic nitrogens is 4. The van der Waals surface area contributed by atoms with Crippen molar-refractivity contribution in [3.05, 3.63) is 107 Å². The van der Waals surface area contributed by atoms with Crippen LogP contribution in [0.4, 0.5) is 26.3 Å². The fourth-order valence-electron chi connectivity index (χ4n) is 3.41. The fourth-order valence-corrected chi connectivity index (χ4v) is 3.41. The molecule has 182 valence electrons. The van der Waals surface area contributed by atoms with Gasteiger partial charge < -0.3 is 9.84 Å². The van der Waals surface area contributed by atoms with Crippen LogP contribution in [0.15, 0.2) is 67.1 Å². The molecule has 4 rings (SSSR count). The number of hydrogen-bond acceptors (Lipinski definition) is 5. The van der Waals surface area contributed by atoms with Gasteiger partial charge >= 0.3 is 5.92 Å². The van der Waals surface area contributed by atoms with Crippen LogP contribution in [0.2, 0.25) is 0 Å². The lowest BCUT2D eigenvalue weighted by molar-refractivity contribution is -0.207. The monoisotopic (exact) mass is 494 g/mol. The standard InChI is InChI=1S/C23H16F6N4O2/c24-15-4-6-17(19(26)10-15)22(34,13-33-9-8-31-32-33)23(28,29)20-7-5-16(11-30-20)35-12-14-2-1-3-18(25)21(14)27/h1-11,34H,12-13H2. The molecular formula is C23H16F6N4O2. The van der Waals surface area contributed by atoms with E-state index >= 15 is 8.78 Å². The minimum Gasteiger partial charge on any atom is -0.487 e. The van der Waals surface area contributed by atoms with Gasteiger partial charge in [0, 0.05) is 23.4 Å². The van der Waals surface area contributed by atoms with E-state index in [1.54, 1.807) is 0 Å². The maximum atomic E-state index is 15.7. The van der Waals surface area contributed by atoms with Crippen molar-refractivity contribution in [1.29, 1.82) is 0 Å². The summed E-state index contributed by atoms with van der Waals surface area (Å²) in [7, 11) is 0. The maximum absolute atomic E-state index is 15.7. The summed E-state index contributed by atoms with van der Waals surface area (Å²) >= 11 is 0. The summed E-state index contributed by atoms with van der Waals surface area (Å²) in [4.78, 5) is 3.63. The van der Waals surface area contributed by atoms with E-state index in [4.69, 9.17) is 4.74 Å². The van der Waals surface area contributed by atoms with Crippen LogP contribution in [-0.4, -0.2) is 25.1 Å². The van der Waals surface area contributed by atoms with Crippen molar-refractivity contribution in [3.63, 3.8) is 0 Å². The highest BCUT2D eigenvalue weighted by molar-refractivity contribution is 5.32. The highest BCUT2D eigenvalue weighted by atomic mass is 19.3. The molecule has 0 fully saturated rings. The molecule has 35 heavy (non-hydrogen) atoms. The van der Waals surface area contributed by atoms with Gasteiger partial charge in [0.15, 0.2) is 17.2 Å². The third-order valence-corrected chi connectivity index (χ3v) is 5.24. The molecule has 2 aromatic heterocycles. The molecule has 0 spiro atoms. The van der Waals surface area contributed by atoms with Gasteiger partial charge in [0.2, 0.25) is 0 Å². The molecule has 1 unspecified atom stereocenters. The molecule has 0 amide bonds. The molecule has 2 aromatic carbocycles. The van der Waals surface area contributed by atoms with Gasteiger partial charge in [0.25, 0.3) is 0 Å². The maximum Gasteiger partial charge on any atom is 0.323 e. The zero-order valence-electron chi connectivity index (χ0n) is 17.7. The topological polar surface area (TPSA) is 73.1 Å². The van der Waals surface area contributed by atoms with Crippen LogP contribution < -0.4 is 4.74 Å². The summed E-state index contributed by atoms with van der Waals surface area (Å²) in [6.07, 6.45) is 3.24.